The third kappa shape index (κ3) is 1.63. The highest BCUT2D eigenvalue weighted by atomic mass is 35.5. The Balaban J connectivity index is 1.71. The molecule has 0 bridgehead atoms. The van der Waals surface area contributed by atoms with Gasteiger partial charge in [0.15, 0.2) is 11.4 Å². The highest BCUT2D eigenvalue weighted by Crippen LogP contribution is 2.64. The summed E-state index contributed by atoms with van der Waals surface area (Å²) in [6.45, 7) is 0. The molecule has 1 N–H and O–H groups in total. The van der Waals surface area contributed by atoms with E-state index in [1.165, 1.54) is 5.57 Å². The van der Waals surface area contributed by atoms with Crippen LogP contribution in [-0.2, 0) is 10.4 Å². The summed E-state index contributed by atoms with van der Waals surface area (Å²) in [6, 6.07) is 15.9. The lowest BCUT2D eigenvalue weighted by Gasteiger charge is -2.34. The first-order chi connectivity index (χ1) is 11.6. The summed E-state index contributed by atoms with van der Waals surface area (Å²) in [5, 5.41) is 12.0. The van der Waals surface area contributed by atoms with Crippen molar-refractivity contribution in [3.05, 3.63) is 76.3 Å². The van der Waals surface area contributed by atoms with Gasteiger partial charge in [0, 0.05) is 22.9 Å². The first-order valence-electron chi connectivity index (χ1n) is 8.42. The molecule has 2 aromatic carbocycles. The van der Waals surface area contributed by atoms with Crippen LogP contribution in [-0.4, -0.2) is 10.9 Å². The Kier molecular flexibility index (Phi) is 2.89. The number of halogens is 1. The van der Waals surface area contributed by atoms with Crippen molar-refractivity contribution in [2.45, 2.75) is 24.4 Å². The lowest BCUT2D eigenvalue weighted by molar-refractivity contribution is -0.137. The Labute approximate surface area is 145 Å². The van der Waals surface area contributed by atoms with Crippen LogP contribution in [0, 0.1) is 11.8 Å². The van der Waals surface area contributed by atoms with Crippen molar-refractivity contribution in [2.75, 3.05) is 0 Å². The Hall–Kier alpha value is -1.90. The lowest BCUT2D eigenvalue weighted by Crippen LogP contribution is -2.36. The summed E-state index contributed by atoms with van der Waals surface area (Å²) in [5.74, 6) is 0.0536. The number of carbonyl (C=O) groups excluding carboxylic acids is 1. The van der Waals surface area contributed by atoms with Gasteiger partial charge in [0.05, 0.1) is 0 Å². The number of carbonyl (C=O) groups is 1. The molecule has 0 amide bonds. The highest BCUT2D eigenvalue weighted by molar-refractivity contribution is 6.32. The van der Waals surface area contributed by atoms with E-state index in [0.717, 1.165) is 17.5 Å². The molecule has 3 heteroatoms. The smallest absolute Gasteiger partial charge is 0.169 e. The zero-order chi connectivity index (χ0) is 16.5. The minimum atomic E-state index is -1.42. The van der Waals surface area contributed by atoms with E-state index >= 15 is 0 Å². The molecule has 0 heterocycles. The van der Waals surface area contributed by atoms with E-state index in [1.807, 2.05) is 30.3 Å². The summed E-state index contributed by atoms with van der Waals surface area (Å²) in [7, 11) is 0. The van der Waals surface area contributed by atoms with Crippen LogP contribution in [0.5, 0.6) is 0 Å². The van der Waals surface area contributed by atoms with Gasteiger partial charge in [0.25, 0.3) is 0 Å². The lowest BCUT2D eigenvalue weighted by atomic mass is 9.70. The predicted octanol–water partition coefficient (Wildman–Crippen LogP) is 4.32. The van der Waals surface area contributed by atoms with Crippen molar-refractivity contribution >= 4 is 23.0 Å². The van der Waals surface area contributed by atoms with E-state index in [9.17, 15) is 9.90 Å². The first kappa shape index (κ1) is 14.4. The molecule has 0 radical (unpaired) electrons. The SMILES string of the molecule is O=C1CC2C(c3ccccc3)=CCC3c4cccc(Cl)c4C1(O)C23. The molecule has 0 spiro atoms. The molecule has 1 saturated carbocycles. The Morgan fingerprint density at radius 1 is 1.04 bits per heavy atom. The second-order valence-corrected chi connectivity index (χ2v) is 7.50. The zero-order valence-corrected chi connectivity index (χ0v) is 13.8. The minimum Gasteiger partial charge on any atom is -0.377 e. The number of hydrogen-bond donors (Lipinski definition) is 1. The topological polar surface area (TPSA) is 37.3 Å². The third-order valence-corrected chi connectivity index (χ3v) is 6.42. The maximum atomic E-state index is 12.9. The number of allylic oxidation sites excluding steroid dienone is 2. The molecule has 3 aliphatic rings. The van der Waals surface area contributed by atoms with Gasteiger partial charge >= 0.3 is 0 Å². The van der Waals surface area contributed by atoms with E-state index in [2.05, 4.69) is 18.2 Å². The molecule has 0 aromatic heterocycles. The van der Waals surface area contributed by atoms with Crippen LogP contribution in [0.4, 0.5) is 0 Å². The normalized spacial score (nSPS) is 33.2. The summed E-state index contributed by atoms with van der Waals surface area (Å²) < 4.78 is 0. The van der Waals surface area contributed by atoms with Gasteiger partial charge in [-0.25, -0.2) is 0 Å². The molecular weight excluding hydrogens is 320 g/mol. The van der Waals surface area contributed by atoms with Crippen molar-refractivity contribution in [1.29, 1.82) is 0 Å². The fraction of sp³-hybridized carbons (Fsp3) is 0.286. The number of ketones is 1. The largest absolute Gasteiger partial charge is 0.377 e. The molecule has 4 atom stereocenters. The zero-order valence-electron chi connectivity index (χ0n) is 13.1. The number of hydrogen-bond acceptors (Lipinski definition) is 2. The average Bonchev–Trinajstić information content (AvgIpc) is 3.02. The quantitative estimate of drug-likeness (QED) is 0.842. The van der Waals surface area contributed by atoms with Gasteiger partial charge in [-0.3, -0.25) is 4.79 Å². The van der Waals surface area contributed by atoms with Gasteiger partial charge in [-0.15, -0.1) is 0 Å². The molecule has 2 nitrogen and oxygen atoms in total. The molecule has 0 saturated heterocycles. The molecule has 2 aromatic rings. The predicted molar refractivity (Wildman–Crippen MR) is 93.7 cm³/mol. The van der Waals surface area contributed by atoms with Crippen molar-refractivity contribution in [1.82, 2.24) is 0 Å². The van der Waals surface area contributed by atoms with Crippen molar-refractivity contribution in [2.24, 2.45) is 11.8 Å². The van der Waals surface area contributed by atoms with Crippen LogP contribution in [0.2, 0.25) is 5.02 Å². The van der Waals surface area contributed by atoms with E-state index < -0.39 is 5.60 Å². The summed E-state index contributed by atoms with van der Waals surface area (Å²) >= 11 is 6.41. The van der Waals surface area contributed by atoms with Gasteiger partial charge in [-0.05, 0) is 41.0 Å². The third-order valence-electron chi connectivity index (χ3n) is 6.10. The van der Waals surface area contributed by atoms with Gasteiger partial charge in [0.2, 0.25) is 0 Å². The van der Waals surface area contributed by atoms with Gasteiger partial charge in [-0.1, -0.05) is 60.1 Å². The number of benzene rings is 2. The summed E-state index contributed by atoms with van der Waals surface area (Å²) in [5.41, 5.74) is 2.65. The molecule has 0 aliphatic heterocycles. The molecule has 3 aliphatic carbocycles. The van der Waals surface area contributed by atoms with Gasteiger partial charge in [0.1, 0.15) is 0 Å². The molecule has 120 valence electrons. The van der Waals surface area contributed by atoms with Crippen LogP contribution >= 0.6 is 11.6 Å². The fourth-order valence-electron chi connectivity index (χ4n) is 5.23. The standard InChI is InChI=1S/C21H17ClO2/c22-17-8-4-7-14-15-10-9-13(12-5-2-1-3-6-12)16-11-18(23)21(24,19(15)16)20(14)17/h1-9,15-16,19,24H,10-11H2. The fourth-order valence-corrected chi connectivity index (χ4v) is 5.55. The Morgan fingerprint density at radius 2 is 1.83 bits per heavy atom. The Bertz CT molecular complexity index is 886. The van der Waals surface area contributed by atoms with E-state index in [1.54, 1.807) is 6.07 Å². The van der Waals surface area contributed by atoms with Crippen LogP contribution < -0.4 is 0 Å². The van der Waals surface area contributed by atoms with Gasteiger partial charge < -0.3 is 5.11 Å². The van der Waals surface area contributed by atoms with E-state index in [-0.39, 0.29) is 23.5 Å². The average molecular weight is 337 g/mol. The highest BCUT2D eigenvalue weighted by Gasteiger charge is 2.64. The van der Waals surface area contributed by atoms with Crippen molar-refractivity contribution in [3.63, 3.8) is 0 Å². The van der Waals surface area contributed by atoms with E-state index in [4.69, 9.17) is 11.6 Å². The second-order valence-electron chi connectivity index (χ2n) is 7.10. The number of aliphatic hydroxyl groups is 1. The molecule has 1 fully saturated rings. The second kappa shape index (κ2) is 4.81. The number of fused-ring (bicyclic) bond motifs is 3. The Morgan fingerprint density at radius 3 is 2.62 bits per heavy atom. The van der Waals surface area contributed by atoms with Crippen molar-refractivity contribution in [3.8, 4) is 0 Å². The van der Waals surface area contributed by atoms with Crippen LogP contribution in [0.25, 0.3) is 5.57 Å². The maximum Gasteiger partial charge on any atom is 0.169 e. The maximum absolute atomic E-state index is 12.9. The monoisotopic (exact) mass is 336 g/mol. The summed E-state index contributed by atoms with van der Waals surface area (Å²) in [6.07, 6.45) is 3.49. The number of rotatable bonds is 1. The van der Waals surface area contributed by atoms with Crippen molar-refractivity contribution < 1.29 is 9.90 Å². The van der Waals surface area contributed by atoms with E-state index in [0.29, 0.717) is 17.0 Å². The van der Waals surface area contributed by atoms with Gasteiger partial charge in [-0.2, -0.15) is 0 Å². The summed E-state index contributed by atoms with van der Waals surface area (Å²) in [4.78, 5) is 12.9. The van der Waals surface area contributed by atoms with Crippen LogP contribution in [0.1, 0.15) is 35.4 Å². The minimum absolute atomic E-state index is 0.0621. The molecule has 4 unspecified atom stereocenters. The molecule has 5 rings (SSSR count). The molecule has 24 heavy (non-hydrogen) atoms. The first-order valence-corrected chi connectivity index (χ1v) is 8.80. The number of Topliss-reactive ketones (excluding diaryl/α,β-unsaturated/α-hetero) is 1. The van der Waals surface area contributed by atoms with Crippen LogP contribution in [0.15, 0.2) is 54.6 Å². The van der Waals surface area contributed by atoms with Crippen LogP contribution in [0.3, 0.4) is 0 Å². The molecular formula is C21H17ClO2.